The number of unbranched alkanes of at least 4 members (excludes halogenated alkanes) is 2. The number of carboxylic acids is 1. The molecule has 1 saturated carbocycles. The second-order valence-electron chi connectivity index (χ2n) is 5.88. The summed E-state index contributed by atoms with van der Waals surface area (Å²) in [6.45, 7) is 3.29. The molecule has 0 spiro atoms. The van der Waals surface area contributed by atoms with Gasteiger partial charge in [0, 0.05) is 31.6 Å². The molecule has 0 radical (unpaired) electrons. The van der Waals surface area contributed by atoms with Crippen LogP contribution in [0.25, 0.3) is 0 Å². The van der Waals surface area contributed by atoms with Gasteiger partial charge in [-0.2, -0.15) is 0 Å². The molecule has 0 saturated heterocycles. The number of hydrogen-bond acceptors (Lipinski definition) is 5. The van der Waals surface area contributed by atoms with Gasteiger partial charge in [-0.05, 0) is 12.5 Å². The molecule has 0 aliphatic heterocycles. The maximum atomic E-state index is 12.0. The van der Waals surface area contributed by atoms with E-state index < -0.39 is 29.9 Å². The van der Waals surface area contributed by atoms with E-state index in [-0.39, 0.29) is 24.4 Å². The van der Waals surface area contributed by atoms with E-state index in [9.17, 15) is 19.2 Å². The van der Waals surface area contributed by atoms with E-state index in [4.69, 9.17) is 9.84 Å². The van der Waals surface area contributed by atoms with Crippen LogP contribution >= 0.6 is 0 Å². The first kappa shape index (κ1) is 19.1. The monoisotopic (exact) mass is 324 g/mol. The summed E-state index contributed by atoms with van der Waals surface area (Å²) >= 11 is 0. The summed E-state index contributed by atoms with van der Waals surface area (Å²) in [5.41, 5.74) is 0. The number of ketones is 2. The van der Waals surface area contributed by atoms with Crippen LogP contribution in [0.2, 0.25) is 0 Å². The van der Waals surface area contributed by atoms with Crippen LogP contribution in [-0.4, -0.2) is 34.7 Å². The summed E-state index contributed by atoms with van der Waals surface area (Å²) in [5, 5.41) is 8.95. The SMILES string of the molecule is CCCCCC(=O)C=C[C@H]1[C@H](OC(C)=O)CC(=O)[C@@H]1CC(=O)O. The predicted octanol–water partition coefficient (Wildman–Crippen LogP) is 2.30. The van der Waals surface area contributed by atoms with Gasteiger partial charge in [0.15, 0.2) is 5.78 Å². The Hall–Kier alpha value is -1.98. The van der Waals surface area contributed by atoms with E-state index in [0.29, 0.717) is 6.42 Å². The smallest absolute Gasteiger partial charge is 0.304 e. The Labute approximate surface area is 135 Å². The maximum absolute atomic E-state index is 12.0. The fraction of sp³-hybridized carbons (Fsp3) is 0.647. The van der Waals surface area contributed by atoms with Crippen LogP contribution < -0.4 is 0 Å². The zero-order valence-electron chi connectivity index (χ0n) is 13.6. The Bertz CT molecular complexity index is 493. The number of Topliss-reactive ketones (excluding diaryl/α,β-unsaturated/α-hetero) is 1. The molecule has 0 amide bonds. The van der Waals surface area contributed by atoms with Crippen LogP contribution in [0.4, 0.5) is 0 Å². The van der Waals surface area contributed by atoms with Crippen LogP contribution in [0.1, 0.15) is 52.4 Å². The summed E-state index contributed by atoms with van der Waals surface area (Å²) in [4.78, 5) is 45.9. The number of ether oxygens (including phenoxy) is 1. The van der Waals surface area contributed by atoms with Crippen LogP contribution in [0.15, 0.2) is 12.2 Å². The molecule has 128 valence electrons. The van der Waals surface area contributed by atoms with Gasteiger partial charge in [-0.15, -0.1) is 0 Å². The summed E-state index contributed by atoms with van der Waals surface area (Å²) < 4.78 is 5.12. The summed E-state index contributed by atoms with van der Waals surface area (Å²) in [6, 6.07) is 0. The number of carboxylic acid groups (broad SMARTS) is 1. The second-order valence-corrected chi connectivity index (χ2v) is 5.88. The molecular weight excluding hydrogens is 300 g/mol. The van der Waals surface area contributed by atoms with Gasteiger partial charge in [0.2, 0.25) is 0 Å². The second kappa shape index (κ2) is 9.22. The highest BCUT2D eigenvalue weighted by molar-refractivity contribution is 5.91. The molecular formula is C17H24O6. The lowest BCUT2D eigenvalue weighted by molar-refractivity contribution is -0.147. The van der Waals surface area contributed by atoms with Crippen molar-refractivity contribution in [3.63, 3.8) is 0 Å². The van der Waals surface area contributed by atoms with Crippen molar-refractivity contribution in [3.8, 4) is 0 Å². The number of rotatable bonds is 9. The van der Waals surface area contributed by atoms with E-state index in [0.717, 1.165) is 19.3 Å². The first-order chi connectivity index (χ1) is 10.8. The fourth-order valence-corrected chi connectivity index (χ4v) is 2.84. The molecule has 1 fully saturated rings. The van der Waals surface area contributed by atoms with Crippen molar-refractivity contribution >= 4 is 23.5 Å². The summed E-state index contributed by atoms with van der Waals surface area (Å²) in [7, 11) is 0. The third-order valence-electron chi connectivity index (χ3n) is 3.95. The van der Waals surface area contributed by atoms with Crippen molar-refractivity contribution in [3.05, 3.63) is 12.2 Å². The highest BCUT2D eigenvalue weighted by Crippen LogP contribution is 2.35. The maximum Gasteiger partial charge on any atom is 0.304 e. The van der Waals surface area contributed by atoms with Gasteiger partial charge in [0.25, 0.3) is 0 Å². The Morgan fingerprint density at radius 2 is 2.00 bits per heavy atom. The van der Waals surface area contributed by atoms with Gasteiger partial charge in [-0.25, -0.2) is 0 Å². The molecule has 0 bridgehead atoms. The topological polar surface area (TPSA) is 97.7 Å². The molecule has 0 aromatic carbocycles. The van der Waals surface area contributed by atoms with Crippen molar-refractivity contribution in [2.24, 2.45) is 11.8 Å². The summed E-state index contributed by atoms with van der Waals surface area (Å²) in [6.07, 6.45) is 5.13. The first-order valence-electron chi connectivity index (χ1n) is 7.97. The van der Waals surface area contributed by atoms with Crippen molar-refractivity contribution < 1.29 is 29.0 Å². The first-order valence-corrected chi connectivity index (χ1v) is 7.97. The molecule has 6 nitrogen and oxygen atoms in total. The van der Waals surface area contributed by atoms with E-state index in [1.54, 1.807) is 6.08 Å². The zero-order chi connectivity index (χ0) is 17.4. The van der Waals surface area contributed by atoms with E-state index in [1.165, 1.54) is 13.0 Å². The zero-order valence-corrected chi connectivity index (χ0v) is 13.6. The fourth-order valence-electron chi connectivity index (χ4n) is 2.84. The lowest BCUT2D eigenvalue weighted by Gasteiger charge is -2.19. The van der Waals surface area contributed by atoms with Crippen molar-refractivity contribution in [1.29, 1.82) is 0 Å². The number of carbonyl (C=O) groups excluding carboxylic acids is 3. The Morgan fingerprint density at radius 1 is 1.30 bits per heavy atom. The highest BCUT2D eigenvalue weighted by Gasteiger charge is 2.43. The van der Waals surface area contributed by atoms with Crippen LogP contribution in [-0.2, 0) is 23.9 Å². The summed E-state index contributed by atoms with van der Waals surface area (Å²) in [5.74, 6) is -3.22. The molecule has 0 aromatic heterocycles. The van der Waals surface area contributed by atoms with E-state index >= 15 is 0 Å². The van der Waals surface area contributed by atoms with E-state index in [1.807, 2.05) is 6.92 Å². The van der Waals surface area contributed by atoms with Crippen molar-refractivity contribution in [2.45, 2.75) is 58.5 Å². The minimum Gasteiger partial charge on any atom is -0.481 e. The lowest BCUT2D eigenvalue weighted by Crippen LogP contribution is -2.25. The van der Waals surface area contributed by atoms with Gasteiger partial charge in [-0.1, -0.05) is 25.8 Å². The number of esters is 1. The number of carbonyl (C=O) groups is 4. The van der Waals surface area contributed by atoms with Crippen LogP contribution in [0, 0.1) is 11.8 Å². The number of hydrogen-bond donors (Lipinski definition) is 1. The molecule has 1 N–H and O–H groups in total. The van der Waals surface area contributed by atoms with Gasteiger partial charge in [0.05, 0.1) is 6.42 Å². The average molecular weight is 324 g/mol. The quantitative estimate of drug-likeness (QED) is 0.397. The standard InChI is InChI=1S/C17H24O6/c1-3-4-5-6-12(19)7-8-13-14(9-17(21)22)15(20)10-16(13)23-11(2)18/h7-8,13-14,16H,3-6,9-10H2,1-2H3,(H,21,22)/t13-,14-,16-/m1/s1. The normalized spacial score (nSPS) is 24.1. The number of allylic oxidation sites excluding steroid dienone is 1. The van der Waals surface area contributed by atoms with Gasteiger partial charge in [0.1, 0.15) is 11.9 Å². The molecule has 0 aromatic rings. The molecule has 6 heteroatoms. The van der Waals surface area contributed by atoms with E-state index in [2.05, 4.69) is 0 Å². The third kappa shape index (κ3) is 6.34. The molecule has 1 rings (SSSR count). The average Bonchev–Trinajstić information content (AvgIpc) is 2.71. The van der Waals surface area contributed by atoms with Gasteiger partial charge < -0.3 is 9.84 Å². The Balaban J connectivity index is 2.79. The molecule has 1 aliphatic carbocycles. The Kier molecular flexibility index (Phi) is 7.65. The largest absolute Gasteiger partial charge is 0.481 e. The molecule has 0 unspecified atom stereocenters. The predicted molar refractivity (Wildman–Crippen MR) is 82.7 cm³/mol. The van der Waals surface area contributed by atoms with Crippen molar-refractivity contribution in [1.82, 2.24) is 0 Å². The van der Waals surface area contributed by atoms with Gasteiger partial charge in [-0.3, -0.25) is 19.2 Å². The van der Waals surface area contributed by atoms with Gasteiger partial charge >= 0.3 is 11.9 Å². The number of aliphatic carboxylic acids is 1. The third-order valence-corrected chi connectivity index (χ3v) is 3.95. The lowest BCUT2D eigenvalue weighted by atomic mass is 9.90. The highest BCUT2D eigenvalue weighted by atomic mass is 16.5. The van der Waals surface area contributed by atoms with Crippen LogP contribution in [0.3, 0.4) is 0 Å². The molecule has 0 heterocycles. The van der Waals surface area contributed by atoms with Crippen molar-refractivity contribution in [2.75, 3.05) is 0 Å². The molecule has 23 heavy (non-hydrogen) atoms. The minimum atomic E-state index is -1.08. The van der Waals surface area contributed by atoms with Crippen LogP contribution in [0.5, 0.6) is 0 Å². The molecule has 3 atom stereocenters. The Morgan fingerprint density at radius 3 is 2.57 bits per heavy atom. The molecule has 1 aliphatic rings. The minimum absolute atomic E-state index is 0.00341.